The Balaban J connectivity index is 2.08. The van der Waals surface area contributed by atoms with Gasteiger partial charge >= 0.3 is 0 Å². The SMILES string of the molecule is CCc1cc(NC2CCCC2CN)ccc1C. The average molecular weight is 232 g/mol. The standard InChI is InChI=1S/C15H24N2/c1-3-12-9-14(8-7-11(12)2)17-15-6-4-5-13(15)10-16/h7-9,13,15,17H,3-6,10,16H2,1-2H3. The second-order valence-electron chi connectivity index (χ2n) is 5.17. The molecular formula is C15H24N2. The Labute approximate surface area is 105 Å². The van der Waals surface area contributed by atoms with Crippen LogP contribution < -0.4 is 11.1 Å². The van der Waals surface area contributed by atoms with E-state index >= 15 is 0 Å². The maximum atomic E-state index is 5.82. The van der Waals surface area contributed by atoms with Crippen LogP contribution in [0.3, 0.4) is 0 Å². The van der Waals surface area contributed by atoms with Crippen LogP contribution in [0.5, 0.6) is 0 Å². The molecule has 0 amide bonds. The number of hydrogen-bond acceptors (Lipinski definition) is 2. The number of nitrogens with two attached hydrogens (primary N) is 1. The number of nitrogens with one attached hydrogen (secondary N) is 1. The summed E-state index contributed by atoms with van der Waals surface area (Å²) in [6.45, 7) is 5.20. The van der Waals surface area contributed by atoms with Crippen LogP contribution >= 0.6 is 0 Å². The molecule has 0 bridgehead atoms. The minimum atomic E-state index is 0.576. The van der Waals surface area contributed by atoms with Gasteiger partial charge in [0.25, 0.3) is 0 Å². The van der Waals surface area contributed by atoms with Crippen LogP contribution in [-0.2, 0) is 6.42 Å². The zero-order valence-electron chi connectivity index (χ0n) is 11.0. The Morgan fingerprint density at radius 1 is 1.35 bits per heavy atom. The summed E-state index contributed by atoms with van der Waals surface area (Å²) in [7, 11) is 0. The van der Waals surface area contributed by atoms with Gasteiger partial charge in [0.2, 0.25) is 0 Å². The fourth-order valence-corrected chi connectivity index (χ4v) is 2.87. The second-order valence-corrected chi connectivity index (χ2v) is 5.17. The van der Waals surface area contributed by atoms with Crippen LogP contribution in [0.15, 0.2) is 18.2 Å². The summed E-state index contributed by atoms with van der Waals surface area (Å²) < 4.78 is 0. The number of aryl methyl sites for hydroxylation is 2. The highest BCUT2D eigenvalue weighted by Crippen LogP contribution is 2.28. The van der Waals surface area contributed by atoms with Gasteiger partial charge in [-0.15, -0.1) is 0 Å². The third kappa shape index (κ3) is 2.81. The van der Waals surface area contributed by atoms with Gasteiger partial charge in [0.1, 0.15) is 0 Å². The molecule has 0 heterocycles. The van der Waals surface area contributed by atoms with Crippen molar-refractivity contribution in [1.82, 2.24) is 0 Å². The van der Waals surface area contributed by atoms with E-state index in [0.717, 1.165) is 13.0 Å². The molecule has 2 nitrogen and oxygen atoms in total. The first-order valence-corrected chi connectivity index (χ1v) is 6.80. The molecular weight excluding hydrogens is 208 g/mol. The first-order chi connectivity index (χ1) is 8.24. The average Bonchev–Trinajstić information content (AvgIpc) is 2.79. The molecule has 0 aliphatic heterocycles. The van der Waals surface area contributed by atoms with E-state index in [0.29, 0.717) is 12.0 Å². The van der Waals surface area contributed by atoms with Gasteiger partial charge in [-0.25, -0.2) is 0 Å². The first kappa shape index (κ1) is 12.4. The van der Waals surface area contributed by atoms with E-state index in [2.05, 4.69) is 37.4 Å². The van der Waals surface area contributed by atoms with Crippen LogP contribution in [0, 0.1) is 12.8 Å². The van der Waals surface area contributed by atoms with Crippen molar-refractivity contribution >= 4 is 5.69 Å². The summed E-state index contributed by atoms with van der Waals surface area (Å²) in [6, 6.07) is 7.28. The molecule has 3 N–H and O–H groups in total. The topological polar surface area (TPSA) is 38.0 Å². The Morgan fingerprint density at radius 3 is 2.88 bits per heavy atom. The maximum Gasteiger partial charge on any atom is 0.0345 e. The lowest BCUT2D eigenvalue weighted by Crippen LogP contribution is -2.29. The third-order valence-electron chi connectivity index (χ3n) is 4.04. The highest BCUT2D eigenvalue weighted by Gasteiger charge is 2.25. The van der Waals surface area contributed by atoms with Crippen LogP contribution in [0.2, 0.25) is 0 Å². The van der Waals surface area contributed by atoms with Gasteiger partial charge in [0.05, 0.1) is 0 Å². The molecule has 2 heteroatoms. The predicted octanol–water partition coefficient (Wildman–Crippen LogP) is 3.10. The van der Waals surface area contributed by atoms with E-state index in [9.17, 15) is 0 Å². The molecule has 0 radical (unpaired) electrons. The summed E-state index contributed by atoms with van der Waals surface area (Å²) in [4.78, 5) is 0. The lowest BCUT2D eigenvalue weighted by atomic mass is 10.0. The van der Waals surface area contributed by atoms with E-state index < -0.39 is 0 Å². The van der Waals surface area contributed by atoms with E-state index in [-0.39, 0.29) is 0 Å². The minimum Gasteiger partial charge on any atom is -0.382 e. The van der Waals surface area contributed by atoms with E-state index in [1.807, 2.05) is 0 Å². The van der Waals surface area contributed by atoms with Crippen molar-refractivity contribution in [3.05, 3.63) is 29.3 Å². The van der Waals surface area contributed by atoms with Crippen LogP contribution in [0.1, 0.15) is 37.3 Å². The number of rotatable bonds is 4. The molecule has 0 saturated heterocycles. The molecule has 1 aliphatic rings. The molecule has 2 unspecified atom stereocenters. The summed E-state index contributed by atoms with van der Waals surface area (Å²) in [5.74, 6) is 0.654. The largest absolute Gasteiger partial charge is 0.382 e. The summed E-state index contributed by atoms with van der Waals surface area (Å²) in [6.07, 6.45) is 4.95. The van der Waals surface area contributed by atoms with E-state index in [1.165, 1.54) is 36.1 Å². The van der Waals surface area contributed by atoms with Crippen molar-refractivity contribution in [2.24, 2.45) is 11.7 Å². The lowest BCUT2D eigenvalue weighted by molar-refractivity contribution is 0.516. The Hall–Kier alpha value is -1.02. The Kier molecular flexibility index (Phi) is 4.06. The minimum absolute atomic E-state index is 0.576. The third-order valence-corrected chi connectivity index (χ3v) is 4.04. The predicted molar refractivity (Wildman–Crippen MR) is 74.4 cm³/mol. The zero-order chi connectivity index (χ0) is 12.3. The normalized spacial score (nSPS) is 23.9. The summed E-state index contributed by atoms with van der Waals surface area (Å²) >= 11 is 0. The number of anilines is 1. The molecule has 1 aromatic rings. The molecule has 0 spiro atoms. The molecule has 17 heavy (non-hydrogen) atoms. The van der Waals surface area contributed by atoms with Crippen molar-refractivity contribution in [3.63, 3.8) is 0 Å². The first-order valence-electron chi connectivity index (χ1n) is 6.80. The van der Waals surface area contributed by atoms with Gasteiger partial charge in [-0.1, -0.05) is 19.4 Å². The molecule has 0 aromatic heterocycles. The van der Waals surface area contributed by atoms with Crippen molar-refractivity contribution < 1.29 is 0 Å². The van der Waals surface area contributed by atoms with Crippen molar-refractivity contribution in [2.75, 3.05) is 11.9 Å². The quantitative estimate of drug-likeness (QED) is 0.837. The Bertz CT molecular complexity index is 373. The Morgan fingerprint density at radius 2 is 2.18 bits per heavy atom. The zero-order valence-corrected chi connectivity index (χ0v) is 11.0. The van der Waals surface area contributed by atoms with Crippen molar-refractivity contribution in [3.8, 4) is 0 Å². The molecule has 1 aliphatic carbocycles. The van der Waals surface area contributed by atoms with Gasteiger partial charge in [-0.2, -0.15) is 0 Å². The van der Waals surface area contributed by atoms with Crippen LogP contribution in [-0.4, -0.2) is 12.6 Å². The van der Waals surface area contributed by atoms with Gasteiger partial charge in [0, 0.05) is 11.7 Å². The van der Waals surface area contributed by atoms with E-state index in [1.54, 1.807) is 0 Å². The van der Waals surface area contributed by atoms with Gasteiger partial charge in [-0.3, -0.25) is 0 Å². The van der Waals surface area contributed by atoms with Gasteiger partial charge < -0.3 is 11.1 Å². The van der Waals surface area contributed by atoms with Crippen LogP contribution in [0.25, 0.3) is 0 Å². The molecule has 2 atom stereocenters. The van der Waals surface area contributed by atoms with Gasteiger partial charge in [-0.05, 0) is 61.9 Å². The number of benzene rings is 1. The number of hydrogen-bond donors (Lipinski definition) is 2. The molecule has 94 valence electrons. The van der Waals surface area contributed by atoms with E-state index in [4.69, 9.17) is 5.73 Å². The fraction of sp³-hybridized carbons (Fsp3) is 0.600. The lowest BCUT2D eigenvalue weighted by Gasteiger charge is -2.21. The highest BCUT2D eigenvalue weighted by atomic mass is 14.9. The monoisotopic (exact) mass is 232 g/mol. The second kappa shape index (κ2) is 5.54. The fourth-order valence-electron chi connectivity index (χ4n) is 2.87. The maximum absolute atomic E-state index is 5.82. The van der Waals surface area contributed by atoms with Crippen molar-refractivity contribution in [2.45, 2.75) is 45.6 Å². The highest BCUT2D eigenvalue weighted by molar-refractivity contribution is 5.49. The summed E-state index contributed by atoms with van der Waals surface area (Å²) in [5, 5.41) is 3.66. The van der Waals surface area contributed by atoms with Crippen LogP contribution in [0.4, 0.5) is 5.69 Å². The molecule has 2 rings (SSSR count). The van der Waals surface area contributed by atoms with Crippen molar-refractivity contribution in [1.29, 1.82) is 0 Å². The smallest absolute Gasteiger partial charge is 0.0345 e. The molecule has 1 aromatic carbocycles. The summed E-state index contributed by atoms with van der Waals surface area (Å²) in [5.41, 5.74) is 9.91. The van der Waals surface area contributed by atoms with Gasteiger partial charge in [0.15, 0.2) is 0 Å². The molecule has 1 fully saturated rings. The molecule has 1 saturated carbocycles.